The Labute approximate surface area is 222 Å². The van der Waals surface area contributed by atoms with E-state index in [9.17, 15) is 18.0 Å². The van der Waals surface area contributed by atoms with Crippen LogP contribution < -0.4 is 14.4 Å². The normalized spacial score (nSPS) is 11.9. The highest BCUT2D eigenvalue weighted by molar-refractivity contribution is 7.92. The first-order valence-electron chi connectivity index (χ1n) is 11.6. The molecular weight excluding hydrogens is 514 g/mol. The molecule has 0 spiro atoms. The second kappa shape index (κ2) is 12.1. The fourth-order valence-corrected chi connectivity index (χ4v) is 5.23. The lowest BCUT2D eigenvalue weighted by molar-refractivity contribution is -0.139. The molecule has 1 N–H and O–H groups in total. The number of methoxy groups -OCH3 is 1. The van der Waals surface area contributed by atoms with Crippen molar-refractivity contribution in [2.24, 2.45) is 0 Å². The summed E-state index contributed by atoms with van der Waals surface area (Å²) in [4.78, 5) is 27.6. The Kier molecular flexibility index (Phi) is 9.18. The van der Waals surface area contributed by atoms with E-state index >= 15 is 0 Å². The molecule has 0 aromatic heterocycles. The molecule has 0 radical (unpaired) electrons. The van der Waals surface area contributed by atoms with Crippen molar-refractivity contribution in [2.45, 2.75) is 31.3 Å². The number of anilines is 1. The highest BCUT2D eigenvalue weighted by Crippen LogP contribution is 2.27. The highest BCUT2D eigenvalue weighted by Gasteiger charge is 2.32. The second-order valence-corrected chi connectivity index (χ2v) is 10.8. The summed E-state index contributed by atoms with van der Waals surface area (Å²) >= 11 is 6.03. The van der Waals surface area contributed by atoms with Gasteiger partial charge in [-0.3, -0.25) is 13.9 Å². The summed E-state index contributed by atoms with van der Waals surface area (Å²) < 4.78 is 33.6. The van der Waals surface area contributed by atoms with E-state index in [1.165, 1.54) is 55.5 Å². The van der Waals surface area contributed by atoms with Gasteiger partial charge in [-0.05, 0) is 67.9 Å². The van der Waals surface area contributed by atoms with Gasteiger partial charge in [0.1, 0.15) is 18.3 Å². The van der Waals surface area contributed by atoms with Crippen LogP contribution in [0, 0.1) is 6.92 Å². The van der Waals surface area contributed by atoms with Gasteiger partial charge < -0.3 is 15.0 Å². The van der Waals surface area contributed by atoms with Crippen molar-refractivity contribution in [2.75, 3.05) is 25.0 Å². The third-order valence-corrected chi connectivity index (χ3v) is 7.97. The third kappa shape index (κ3) is 6.81. The first kappa shape index (κ1) is 28.0. The molecule has 1 atom stereocenters. The number of hydrogen-bond acceptors (Lipinski definition) is 5. The van der Waals surface area contributed by atoms with Crippen LogP contribution in [0.2, 0.25) is 5.02 Å². The number of benzene rings is 3. The number of halogens is 1. The summed E-state index contributed by atoms with van der Waals surface area (Å²) in [6.45, 7) is 3.16. The van der Waals surface area contributed by atoms with Crippen LogP contribution in [-0.4, -0.2) is 51.9 Å². The zero-order chi connectivity index (χ0) is 27.2. The summed E-state index contributed by atoms with van der Waals surface area (Å²) in [5.41, 5.74) is 2.13. The van der Waals surface area contributed by atoms with Crippen molar-refractivity contribution in [3.63, 3.8) is 0 Å². The molecule has 0 aliphatic rings. The van der Waals surface area contributed by atoms with Gasteiger partial charge in [0.15, 0.2) is 0 Å². The van der Waals surface area contributed by atoms with Gasteiger partial charge in [-0.2, -0.15) is 0 Å². The Morgan fingerprint density at radius 1 is 0.973 bits per heavy atom. The number of sulfonamides is 1. The van der Waals surface area contributed by atoms with Crippen molar-refractivity contribution < 1.29 is 22.7 Å². The van der Waals surface area contributed by atoms with Crippen molar-refractivity contribution in [3.05, 3.63) is 88.9 Å². The van der Waals surface area contributed by atoms with Crippen LogP contribution in [0.3, 0.4) is 0 Å². The number of carbonyl (C=O) groups is 2. The maximum absolute atomic E-state index is 13.7. The minimum absolute atomic E-state index is 0.0134. The van der Waals surface area contributed by atoms with Crippen molar-refractivity contribution >= 4 is 39.1 Å². The van der Waals surface area contributed by atoms with Crippen molar-refractivity contribution in [3.8, 4) is 5.75 Å². The van der Waals surface area contributed by atoms with Crippen LogP contribution in [0.15, 0.2) is 77.7 Å². The van der Waals surface area contributed by atoms with Gasteiger partial charge >= 0.3 is 0 Å². The zero-order valence-electron chi connectivity index (χ0n) is 21.1. The van der Waals surface area contributed by atoms with Crippen LogP contribution in [0.5, 0.6) is 5.75 Å². The Morgan fingerprint density at radius 2 is 1.57 bits per heavy atom. The van der Waals surface area contributed by atoms with Gasteiger partial charge in [-0.25, -0.2) is 8.42 Å². The lowest BCUT2D eigenvalue weighted by Crippen LogP contribution is -2.50. The molecule has 2 amide bonds. The molecule has 196 valence electrons. The van der Waals surface area contributed by atoms with E-state index in [2.05, 4.69) is 5.32 Å². The van der Waals surface area contributed by atoms with E-state index in [-0.39, 0.29) is 23.0 Å². The van der Waals surface area contributed by atoms with E-state index in [4.69, 9.17) is 16.3 Å². The number of ether oxygens (including phenoxy) is 1. The van der Waals surface area contributed by atoms with E-state index < -0.39 is 28.5 Å². The smallest absolute Gasteiger partial charge is 0.264 e. The lowest BCUT2D eigenvalue weighted by atomic mass is 10.1. The second-order valence-electron chi connectivity index (χ2n) is 8.46. The topological polar surface area (TPSA) is 96.0 Å². The molecule has 0 heterocycles. The van der Waals surface area contributed by atoms with Gasteiger partial charge in [-0.1, -0.05) is 41.4 Å². The van der Waals surface area contributed by atoms with E-state index in [1.54, 1.807) is 19.1 Å². The van der Waals surface area contributed by atoms with Crippen LogP contribution in [0.1, 0.15) is 18.1 Å². The summed E-state index contributed by atoms with van der Waals surface area (Å²) in [5, 5.41) is 2.98. The summed E-state index contributed by atoms with van der Waals surface area (Å²) in [5.74, 6) is -0.406. The highest BCUT2D eigenvalue weighted by atomic mass is 35.5. The summed E-state index contributed by atoms with van der Waals surface area (Å²) in [7, 11) is -1.19. The molecule has 0 fully saturated rings. The predicted octanol–water partition coefficient (Wildman–Crippen LogP) is 4.02. The molecule has 37 heavy (non-hydrogen) atoms. The molecule has 10 heteroatoms. The van der Waals surface area contributed by atoms with Crippen LogP contribution in [0.25, 0.3) is 0 Å². The number of nitrogens with zero attached hydrogens (tertiary/aromatic N) is 2. The Balaban J connectivity index is 2.01. The van der Waals surface area contributed by atoms with Gasteiger partial charge in [-0.15, -0.1) is 0 Å². The van der Waals surface area contributed by atoms with E-state index in [0.29, 0.717) is 10.8 Å². The molecular formula is C27H30ClN3O5S. The zero-order valence-corrected chi connectivity index (χ0v) is 22.7. The SMILES string of the molecule is CNC(=O)[C@@H](C)N(Cc1ccc(C)cc1)C(=O)CN(c1ccc(Cl)cc1)S(=O)(=O)c1ccc(OC)cc1. The van der Waals surface area contributed by atoms with Gasteiger partial charge in [0.25, 0.3) is 10.0 Å². The quantitative estimate of drug-likeness (QED) is 0.417. The number of carbonyl (C=O) groups excluding carboxylic acids is 2. The standard InChI is InChI=1S/C27H30ClN3O5S/c1-19-5-7-21(8-6-19)17-30(20(2)27(33)29-3)26(32)18-31(23-11-9-22(28)10-12-23)37(34,35)25-15-13-24(36-4)14-16-25/h5-16,20H,17-18H2,1-4H3,(H,29,33)/t20-/m1/s1. The monoisotopic (exact) mass is 543 g/mol. The largest absolute Gasteiger partial charge is 0.497 e. The van der Waals surface area contributed by atoms with Crippen molar-refractivity contribution in [1.29, 1.82) is 0 Å². The summed E-state index contributed by atoms with van der Waals surface area (Å²) in [6, 6.07) is 18.8. The van der Waals surface area contributed by atoms with Gasteiger partial charge in [0.05, 0.1) is 17.7 Å². The van der Waals surface area contributed by atoms with Gasteiger partial charge in [0, 0.05) is 18.6 Å². The molecule has 3 aromatic rings. The minimum atomic E-state index is -4.16. The molecule has 8 nitrogen and oxygen atoms in total. The number of rotatable bonds is 10. The van der Waals surface area contributed by atoms with E-state index in [0.717, 1.165) is 15.4 Å². The molecule has 0 aliphatic heterocycles. The molecule has 0 bridgehead atoms. The molecule has 3 aromatic carbocycles. The number of nitrogens with one attached hydrogen (secondary N) is 1. The number of aryl methyl sites for hydroxylation is 1. The average molecular weight is 544 g/mol. The third-order valence-electron chi connectivity index (χ3n) is 5.93. The number of likely N-dealkylation sites (N-methyl/N-ethyl adjacent to an activating group) is 1. The fourth-order valence-electron chi connectivity index (χ4n) is 3.69. The van der Waals surface area contributed by atoms with E-state index in [1.807, 2.05) is 31.2 Å². The molecule has 0 aliphatic carbocycles. The average Bonchev–Trinajstić information content (AvgIpc) is 2.91. The summed E-state index contributed by atoms with van der Waals surface area (Å²) in [6.07, 6.45) is 0. The van der Waals surface area contributed by atoms with Gasteiger partial charge in [0.2, 0.25) is 11.8 Å². The fraction of sp³-hybridized carbons (Fsp3) is 0.259. The van der Waals surface area contributed by atoms with Crippen LogP contribution >= 0.6 is 11.6 Å². The molecule has 0 unspecified atom stereocenters. The Bertz CT molecular complexity index is 1330. The van der Waals surface area contributed by atoms with Crippen molar-refractivity contribution in [1.82, 2.24) is 10.2 Å². The number of amides is 2. The Morgan fingerprint density at radius 3 is 2.11 bits per heavy atom. The number of hydrogen-bond donors (Lipinski definition) is 1. The minimum Gasteiger partial charge on any atom is -0.497 e. The molecule has 3 rings (SSSR count). The lowest BCUT2D eigenvalue weighted by Gasteiger charge is -2.31. The predicted molar refractivity (Wildman–Crippen MR) is 144 cm³/mol. The maximum Gasteiger partial charge on any atom is 0.264 e. The first-order valence-corrected chi connectivity index (χ1v) is 13.4. The first-order chi connectivity index (χ1) is 17.6. The molecule has 0 saturated carbocycles. The Hall–Kier alpha value is -3.56. The van der Waals surface area contributed by atoms with Crippen LogP contribution in [-0.2, 0) is 26.2 Å². The molecule has 0 saturated heterocycles. The van der Waals surface area contributed by atoms with Crippen LogP contribution in [0.4, 0.5) is 5.69 Å². The maximum atomic E-state index is 13.7.